The standard InChI is InChI=1S/C12H15NO3/c1-3-10(14)13-11(12(15)16)9-7-5-4-6-8(9)2/h4-7,11H,3H2,1-2H3,(H,13,14)(H,15,16). The Labute approximate surface area is 94.3 Å². The van der Waals surface area contributed by atoms with Crippen LogP contribution in [0.4, 0.5) is 0 Å². The summed E-state index contributed by atoms with van der Waals surface area (Å²) in [5.74, 6) is -1.31. The number of aliphatic carboxylic acids is 1. The predicted molar refractivity (Wildman–Crippen MR) is 60.0 cm³/mol. The third-order valence-electron chi connectivity index (χ3n) is 2.37. The summed E-state index contributed by atoms with van der Waals surface area (Å²) in [6.45, 7) is 3.51. The molecule has 0 radical (unpaired) electrons. The Morgan fingerprint density at radius 1 is 1.38 bits per heavy atom. The average Bonchev–Trinajstić information content (AvgIpc) is 2.26. The fourth-order valence-electron chi connectivity index (χ4n) is 1.45. The van der Waals surface area contributed by atoms with Gasteiger partial charge in [0.1, 0.15) is 0 Å². The summed E-state index contributed by atoms with van der Waals surface area (Å²) in [6.07, 6.45) is 0.273. The zero-order valence-corrected chi connectivity index (χ0v) is 9.36. The molecule has 1 aromatic carbocycles. The van der Waals surface area contributed by atoms with Crippen LogP contribution in [-0.2, 0) is 9.59 Å². The summed E-state index contributed by atoms with van der Waals surface area (Å²) in [7, 11) is 0. The molecule has 86 valence electrons. The van der Waals surface area contributed by atoms with Gasteiger partial charge in [-0.05, 0) is 18.1 Å². The highest BCUT2D eigenvalue weighted by atomic mass is 16.4. The van der Waals surface area contributed by atoms with Crippen LogP contribution in [0.2, 0.25) is 0 Å². The monoisotopic (exact) mass is 221 g/mol. The van der Waals surface area contributed by atoms with E-state index in [1.165, 1.54) is 0 Å². The van der Waals surface area contributed by atoms with Crippen LogP contribution in [0, 0.1) is 6.92 Å². The predicted octanol–water partition coefficient (Wildman–Crippen LogP) is 1.65. The minimum absolute atomic E-state index is 0.268. The highest BCUT2D eigenvalue weighted by Gasteiger charge is 2.22. The molecule has 1 rings (SSSR count). The lowest BCUT2D eigenvalue weighted by molar-refractivity contribution is -0.142. The number of hydrogen-bond donors (Lipinski definition) is 2. The average molecular weight is 221 g/mol. The molecule has 0 spiro atoms. The molecule has 0 aromatic heterocycles. The van der Waals surface area contributed by atoms with Crippen LogP contribution in [0.15, 0.2) is 24.3 Å². The molecule has 4 heteroatoms. The second-order valence-electron chi connectivity index (χ2n) is 3.55. The second-order valence-corrected chi connectivity index (χ2v) is 3.55. The Hall–Kier alpha value is -1.84. The zero-order valence-electron chi connectivity index (χ0n) is 9.36. The van der Waals surface area contributed by atoms with E-state index in [1.54, 1.807) is 19.1 Å². The number of hydrogen-bond acceptors (Lipinski definition) is 2. The lowest BCUT2D eigenvalue weighted by Crippen LogP contribution is -2.33. The smallest absolute Gasteiger partial charge is 0.330 e. The lowest BCUT2D eigenvalue weighted by atomic mass is 10.0. The van der Waals surface area contributed by atoms with Crippen molar-refractivity contribution in [1.82, 2.24) is 5.32 Å². The summed E-state index contributed by atoms with van der Waals surface area (Å²) in [5.41, 5.74) is 1.48. The molecule has 1 unspecified atom stereocenters. The summed E-state index contributed by atoms with van der Waals surface area (Å²) < 4.78 is 0. The molecule has 1 atom stereocenters. The number of benzene rings is 1. The van der Waals surface area contributed by atoms with Crippen molar-refractivity contribution in [2.45, 2.75) is 26.3 Å². The maximum atomic E-state index is 11.2. The van der Waals surface area contributed by atoms with Crippen LogP contribution in [0.1, 0.15) is 30.5 Å². The molecule has 0 bridgehead atoms. The van der Waals surface area contributed by atoms with Crippen molar-refractivity contribution in [2.75, 3.05) is 0 Å². The Bertz CT molecular complexity index is 401. The summed E-state index contributed by atoms with van der Waals surface area (Å²) in [5, 5.41) is 11.6. The first-order valence-electron chi connectivity index (χ1n) is 5.14. The molecular weight excluding hydrogens is 206 g/mol. The highest BCUT2D eigenvalue weighted by molar-refractivity contribution is 5.84. The van der Waals surface area contributed by atoms with Gasteiger partial charge in [0.25, 0.3) is 0 Å². The van der Waals surface area contributed by atoms with Crippen LogP contribution in [0.5, 0.6) is 0 Å². The molecule has 16 heavy (non-hydrogen) atoms. The van der Waals surface area contributed by atoms with Crippen LogP contribution in [0.3, 0.4) is 0 Å². The Morgan fingerprint density at radius 3 is 2.50 bits per heavy atom. The van der Waals surface area contributed by atoms with Crippen LogP contribution in [-0.4, -0.2) is 17.0 Å². The molecule has 0 aliphatic rings. The fraction of sp³-hybridized carbons (Fsp3) is 0.333. The first kappa shape index (κ1) is 12.2. The van der Waals surface area contributed by atoms with E-state index < -0.39 is 12.0 Å². The second kappa shape index (κ2) is 5.30. The van der Waals surface area contributed by atoms with Gasteiger partial charge < -0.3 is 10.4 Å². The van der Waals surface area contributed by atoms with Gasteiger partial charge in [-0.25, -0.2) is 4.79 Å². The van der Waals surface area contributed by atoms with Gasteiger partial charge in [-0.1, -0.05) is 31.2 Å². The van der Waals surface area contributed by atoms with Gasteiger partial charge in [0.2, 0.25) is 5.91 Å². The molecule has 0 heterocycles. The number of carboxylic acid groups (broad SMARTS) is 1. The summed E-state index contributed by atoms with van der Waals surface area (Å²) in [6, 6.07) is 6.16. The van der Waals surface area contributed by atoms with E-state index in [-0.39, 0.29) is 12.3 Å². The third kappa shape index (κ3) is 2.82. The van der Waals surface area contributed by atoms with Gasteiger partial charge in [0.15, 0.2) is 6.04 Å². The number of carbonyl (C=O) groups excluding carboxylic acids is 1. The Kier molecular flexibility index (Phi) is 4.05. The van der Waals surface area contributed by atoms with E-state index in [0.717, 1.165) is 5.56 Å². The topological polar surface area (TPSA) is 66.4 Å². The number of carbonyl (C=O) groups is 2. The molecule has 0 fully saturated rings. The van der Waals surface area contributed by atoms with Gasteiger partial charge in [0.05, 0.1) is 0 Å². The van der Waals surface area contributed by atoms with Crippen molar-refractivity contribution in [1.29, 1.82) is 0 Å². The number of amides is 1. The van der Waals surface area contributed by atoms with Crippen molar-refractivity contribution in [2.24, 2.45) is 0 Å². The van der Waals surface area contributed by atoms with E-state index in [4.69, 9.17) is 5.11 Å². The van der Waals surface area contributed by atoms with Crippen molar-refractivity contribution in [3.05, 3.63) is 35.4 Å². The Morgan fingerprint density at radius 2 is 2.00 bits per heavy atom. The van der Waals surface area contributed by atoms with E-state index in [9.17, 15) is 9.59 Å². The normalized spacial score (nSPS) is 11.9. The Balaban J connectivity index is 2.99. The molecule has 0 aliphatic carbocycles. The molecule has 0 saturated heterocycles. The minimum atomic E-state index is -1.05. The van der Waals surface area contributed by atoms with E-state index in [1.807, 2.05) is 19.1 Å². The van der Waals surface area contributed by atoms with E-state index in [0.29, 0.717) is 5.56 Å². The fourth-order valence-corrected chi connectivity index (χ4v) is 1.45. The van der Waals surface area contributed by atoms with E-state index in [2.05, 4.69) is 5.32 Å². The molecule has 0 aliphatic heterocycles. The van der Waals surface area contributed by atoms with Crippen molar-refractivity contribution in [3.8, 4) is 0 Å². The molecular formula is C12H15NO3. The lowest BCUT2D eigenvalue weighted by Gasteiger charge is -2.16. The van der Waals surface area contributed by atoms with Gasteiger partial charge >= 0.3 is 5.97 Å². The van der Waals surface area contributed by atoms with Gasteiger partial charge in [-0.3, -0.25) is 4.79 Å². The number of nitrogens with one attached hydrogen (secondary N) is 1. The van der Waals surface area contributed by atoms with Crippen molar-refractivity contribution in [3.63, 3.8) is 0 Å². The maximum absolute atomic E-state index is 11.2. The first-order valence-corrected chi connectivity index (χ1v) is 5.14. The first-order chi connectivity index (χ1) is 7.56. The van der Waals surface area contributed by atoms with Gasteiger partial charge in [0, 0.05) is 6.42 Å². The van der Waals surface area contributed by atoms with Crippen LogP contribution in [0.25, 0.3) is 0 Å². The van der Waals surface area contributed by atoms with E-state index >= 15 is 0 Å². The quantitative estimate of drug-likeness (QED) is 0.812. The zero-order chi connectivity index (χ0) is 12.1. The SMILES string of the molecule is CCC(=O)NC(C(=O)O)c1ccccc1C. The van der Waals surface area contributed by atoms with Crippen LogP contribution >= 0.6 is 0 Å². The summed E-state index contributed by atoms with van der Waals surface area (Å²) >= 11 is 0. The third-order valence-corrected chi connectivity index (χ3v) is 2.37. The van der Waals surface area contributed by atoms with Gasteiger partial charge in [-0.15, -0.1) is 0 Å². The highest BCUT2D eigenvalue weighted by Crippen LogP contribution is 2.17. The molecule has 4 nitrogen and oxygen atoms in total. The summed E-state index contributed by atoms with van der Waals surface area (Å²) in [4.78, 5) is 22.3. The molecule has 0 saturated carbocycles. The largest absolute Gasteiger partial charge is 0.479 e. The van der Waals surface area contributed by atoms with Crippen molar-refractivity contribution >= 4 is 11.9 Å². The van der Waals surface area contributed by atoms with Crippen molar-refractivity contribution < 1.29 is 14.7 Å². The minimum Gasteiger partial charge on any atom is -0.479 e. The molecule has 1 aromatic rings. The number of carboxylic acids is 1. The van der Waals surface area contributed by atoms with Crippen LogP contribution < -0.4 is 5.32 Å². The van der Waals surface area contributed by atoms with Gasteiger partial charge in [-0.2, -0.15) is 0 Å². The molecule has 1 amide bonds. The number of rotatable bonds is 4. The molecule has 2 N–H and O–H groups in total. The maximum Gasteiger partial charge on any atom is 0.330 e. The number of aryl methyl sites for hydroxylation is 1.